The van der Waals surface area contributed by atoms with Gasteiger partial charge in [0.05, 0.1) is 23.3 Å². The Bertz CT molecular complexity index is 1240. The molecule has 1 saturated carbocycles. The Morgan fingerprint density at radius 3 is 2.72 bits per heavy atom. The van der Waals surface area contributed by atoms with E-state index < -0.39 is 5.92 Å². The van der Waals surface area contributed by atoms with Gasteiger partial charge in [-0.3, -0.25) is 5.10 Å². The molecule has 3 aromatic rings. The summed E-state index contributed by atoms with van der Waals surface area (Å²) in [6.07, 6.45) is 4.84. The van der Waals surface area contributed by atoms with Gasteiger partial charge in [-0.2, -0.15) is 5.26 Å². The number of aromatic amines is 1. The summed E-state index contributed by atoms with van der Waals surface area (Å²) in [5, 5.41) is 17.5. The molecule has 1 aromatic heterocycles. The van der Waals surface area contributed by atoms with Crippen LogP contribution in [0.5, 0.6) is 11.6 Å². The van der Waals surface area contributed by atoms with E-state index in [2.05, 4.69) is 48.3 Å². The maximum atomic E-state index is 9.98. The van der Waals surface area contributed by atoms with E-state index in [0.717, 1.165) is 46.5 Å². The minimum Gasteiger partial charge on any atom is -0.490 e. The van der Waals surface area contributed by atoms with E-state index in [-0.39, 0.29) is 12.0 Å². The molecule has 6 nitrogen and oxygen atoms in total. The van der Waals surface area contributed by atoms with Gasteiger partial charge in [0.1, 0.15) is 17.4 Å². The predicted molar refractivity (Wildman–Crippen MR) is 122 cm³/mol. The van der Waals surface area contributed by atoms with Crippen molar-refractivity contribution in [3.63, 3.8) is 0 Å². The van der Waals surface area contributed by atoms with Gasteiger partial charge in [0.25, 0.3) is 0 Å². The van der Waals surface area contributed by atoms with Crippen molar-refractivity contribution in [2.24, 2.45) is 5.73 Å². The molecule has 1 aliphatic carbocycles. The summed E-state index contributed by atoms with van der Waals surface area (Å²) in [6.45, 7) is 4.14. The predicted octanol–water partition coefficient (Wildman–Crippen LogP) is 5.23. The van der Waals surface area contributed by atoms with Gasteiger partial charge in [0, 0.05) is 5.56 Å². The third-order valence-corrected chi connectivity index (χ3v) is 6.39. The number of aryl methyl sites for hydroxylation is 2. The number of nitrogens with one attached hydrogen (secondary N) is 1. The van der Waals surface area contributed by atoms with E-state index in [9.17, 15) is 5.26 Å². The van der Waals surface area contributed by atoms with Crippen LogP contribution in [-0.2, 0) is 0 Å². The molecule has 32 heavy (non-hydrogen) atoms. The second-order valence-corrected chi connectivity index (χ2v) is 8.66. The molecular formula is C26H26N4O2. The molecule has 3 N–H and O–H groups in total. The topological polar surface area (TPSA) is 97.0 Å². The second kappa shape index (κ2) is 8.08. The van der Waals surface area contributed by atoms with Crippen LogP contribution < -0.4 is 15.2 Å². The molecule has 1 unspecified atom stereocenters. The first kappa shape index (κ1) is 20.2. The van der Waals surface area contributed by atoms with Crippen LogP contribution in [0.25, 0.3) is 11.3 Å². The first-order valence-corrected chi connectivity index (χ1v) is 11.0. The number of allylic oxidation sites excluding steroid dienone is 1. The van der Waals surface area contributed by atoms with Gasteiger partial charge in [-0.15, -0.1) is 5.10 Å². The largest absolute Gasteiger partial charge is 0.490 e. The Kier molecular flexibility index (Phi) is 5.10. The van der Waals surface area contributed by atoms with Crippen LogP contribution in [0.3, 0.4) is 0 Å². The molecule has 0 saturated heterocycles. The lowest BCUT2D eigenvalue weighted by Gasteiger charge is -2.25. The molecule has 1 atom stereocenters. The van der Waals surface area contributed by atoms with Gasteiger partial charge >= 0.3 is 0 Å². The smallest absolute Gasteiger partial charge is 0.244 e. The monoisotopic (exact) mass is 426 g/mol. The third kappa shape index (κ3) is 3.50. The molecule has 1 fully saturated rings. The fourth-order valence-corrected chi connectivity index (χ4v) is 4.84. The first-order valence-electron chi connectivity index (χ1n) is 11.0. The third-order valence-electron chi connectivity index (χ3n) is 6.39. The highest BCUT2D eigenvalue weighted by molar-refractivity contribution is 5.73. The Hall–Kier alpha value is -3.72. The quantitative estimate of drug-likeness (QED) is 0.595. The minimum atomic E-state index is -0.398. The molecule has 0 bridgehead atoms. The Morgan fingerprint density at radius 2 is 1.97 bits per heavy atom. The SMILES string of the molecule is Cc1ccc(-c2[nH]nc3c2C(c2cccc(OC4CCCC4)c2)C(C#N)=C(N)O3)c(C)c1. The molecule has 5 rings (SSSR count). The molecule has 0 radical (unpaired) electrons. The van der Waals surface area contributed by atoms with E-state index in [1.165, 1.54) is 18.4 Å². The number of nitrogens with zero attached hydrogens (tertiary/aromatic N) is 2. The van der Waals surface area contributed by atoms with Crippen molar-refractivity contribution in [2.45, 2.75) is 51.6 Å². The summed E-state index contributed by atoms with van der Waals surface area (Å²) in [6, 6.07) is 16.5. The number of fused-ring (bicyclic) bond motifs is 1. The minimum absolute atomic E-state index is 0.0887. The van der Waals surface area contributed by atoms with Gasteiger partial charge < -0.3 is 15.2 Å². The zero-order chi connectivity index (χ0) is 22.2. The molecule has 2 heterocycles. The first-order chi connectivity index (χ1) is 15.5. The number of nitrogens with two attached hydrogens (primary N) is 1. The number of nitriles is 1. The Balaban J connectivity index is 1.63. The summed E-state index contributed by atoms with van der Waals surface area (Å²) in [5.41, 5.74) is 12.4. The maximum Gasteiger partial charge on any atom is 0.244 e. The van der Waals surface area contributed by atoms with Crippen molar-refractivity contribution in [2.75, 3.05) is 0 Å². The number of aromatic nitrogens is 2. The lowest BCUT2D eigenvalue weighted by molar-refractivity contribution is 0.210. The molecule has 0 amide bonds. The number of hydrogen-bond acceptors (Lipinski definition) is 5. The average Bonchev–Trinajstić information content (AvgIpc) is 3.43. The Labute approximate surface area is 187 Å². The molecule has 2 aromatic carbocycles. The van der Waals surface area contributed by atoms with Crippen LogP contribution in [-0.4, -0.2) is 16.3 Å². The number of rotatable bonds is 4. The van der Waals surface area contributed by atoms with Crippen LogP contribution in [0.2, 0.25) is 0 Å². The molecule has 1 aliphatic heterocycles. The molecule has 2 aliphatic rings. The summed E-state index contributed by atoms with van der Waals surface area (Å²) < 4.78 is 12.0. The summed E-state index contributed by atoms with van der Waals surface area (Å²) in [7, 11) is 0. The molecule has 162 valence electrons. The fraction of sp³-hybridized carbons (Fsp3) is 0.308. The highest BCUT2D eigenvalue weighted by Gasteiger charge is 2.36. The molecular weight excluding hydrogens is 400 g/mol. The highest BCUT2D eigenvalue weighted by atomic mass is 16.5. The van der Waals surface area contributed by atoms with Crippen molar-refractivity contribution in [1.29, 1.82) is 5.26 Å². The summed E-state index contributed by atoms with van der Waals surface area (Å²) in [5.74, 6) is 0.912. The number of hydrogen-bond donors (Lipinski definition) is 2. The normalized spacial score (nSPS) is 18.2. The second-order valence-electron chi connectivity index (χ2n) is 8.66. The van der Waals surface area contributed by atoms with Crippen LogP contribution in [0, 0.1) is 25.2 Å². The van der Waals surface area contributed by atoms with Crippen molar-refractivity contribution in [3.05, 3.63) is 76.2 Å². The van der Waals surface area contributed by atoms with Crippen LogP contribution in [0.15, 0.2) is 53.9 Å². The van der Waals surface area contributed by atoms with E-state index in [0.29, 0.717) is 11.5 Å². The Morgan fingerprint density at radius 1 is 1.16 bits per heavy atom. The van der Waals surface area contributed by atoms with Gasteiger partial charge in [0.15, 0.2) is 0 Å². The lowest BCUT2D eigenvalue weighted by atomic mass is 9.82. The summed E-state index contributed by atoms with van der Waals surface area (Å²) >= 11 is 0. The van der Waals surface area contributed by atoms with Crippen molar-refractivity contribution < 1.29 is 9.47 Å². The highest BCUT2D eigenvalue weighted by Crippen LogP contribution is 2.46. The van der Waals surface area contributed by atoms with Gasteiger partial charge in [0.2, 0.25) is 11.8 Å². The van der Waals surface area contributed by atoms with E-state index in [4.69, 9.17) is 15.2 Å². The summed E-state index contributed by atoms with van der Waals surface area (Å²) in [4.78, 5) is 0. The number of benzene rings is 2. The zero-order valence-corrected chi connectivity index (χ0v) is 18.3. The van der Waals surface area contributed by atoms with Crippen molar-refractivity contribution in [1.82, 2.24) is 10.2 Å². The average molecular weight is 427 g/mol. The van der Waals surface area contributed by atoms with E-state index in [1.807, 2.05) is 24.3 Å². The van der Waals surface area contributed by atoms with Crippen LogP contribution in [0.4, 0.5) is 0 Å². The maximum absolute atomic E-state index is 9.98. The standard InChI is InChI=1S/C26H26N4O2/c1-15-10-11-20(16(2)12-15)24-23-22(21(14-27)25(28)32-26(23)30-29-24)17-6-5-9-19(13-17)31-18-7-3-4-8-18/h5-6,9-13,18,22H,3-4,7-8,28H2,1-2H3,(H,29,30). The fourth-order valence-electron chi connectivity index (χ4n) is 4.84. The lowest BCUT2D eigenvalue weighted by Crippen LogP contribution is -2.21. The van der Waals surface area contributed by atoms with Gasteiger partial charge in [-0.1, -0.05) is 35.9 Å². The van der Waals surface area contributed by atoms with Crippen LogP contribution in [0.1, 0.15) is 53.9 Å². The van der Waals surface area contributed by atoms with E-state index in [1.54, 1.807) is 0 Å². The van der Waals surface area contributed by atoms with E-state index >= 15 is 0 Å². The number of H-pyrrole nitrogens is 1. The molecule has 6 heteroatoms. The van der Waals surface area contributed by atoms with Crippen LogP contribution >= 0.6 is 0 Å². The van der Waals surface area contributed by atoms with Gasteiger partial charge in [-0.05, 0) is 62.8 Å². The molecule has 0 spiro atoms. The van der Waals surface area contributed by atoms with Gasteiger partial charge in [-0.25, -0.2) is 0 Å². The number of ether oxygens (including phenoxy) is 2. The van der Waals surface area contributed by atoms with Crippen molar-refractivity contribution >= 4 is 0 Å². The zero-order valence-electron chi connectivity index (χ0n) is 18.3. The van der Waals surface area contributed by atoms with Crippen molar-refractivity contribution in [3.8, 4) is 29.0 Å².